The van der Waals surface area contributed by atoms with E-state index < -0.39 is 9.84 Å². The monoisotopic (exact) mass is 331 g/mol. The molecule has 0 aliphatic carbocycles. The molecule has 1 aliphatic rings. The first kappa shape index (κ1) is 15.6. The van der Waals surface area contributed by atoms with Gasteiger partial charge in [0.15, 0.2) is 9.84 Å². The number of amides is 1. The van der Waals surface area contributed by atoms with Crippen LogP contribution in [-0.4, -0.2) is 35.4 Å². The molecular weight excluding hydrogens is 314 g/mol. The molecule has 1 aromatic heterocycles. The molecule has 0 saturated carbocycles. The maximum atomic E-state index is 12.3. The number of hydrogen-bond donors (Lipinski definition) is 0. The van der Waals surface area contributed by atoms with Gasteiger partial charge in [-0.3, -0.25) is 4.79 Å². The van der Waals surface area contributed by atoms with Gasteiger partial charge in [-0.05, 0) is 24.1 Å². The van der Waals surface area contributed by atoms with Crippen LogP contribution in [0.2, 0.25) is 0 Å². The highest BCUT2D eigenvalue weighted by molar-refractivity contribution is 7.90. The van der Waals surface area contributed by atoms with Crippen molar-refractivity contribution < 1.29 is 13.2 Å². The van der Waals surface area contributed by atoms with Crippen LogP contribution in [0.15, 0.2) is 41.7 Å². The van der Waals surface area contributed by atoms with Crippen molar-refractivity contribution in [3.8, 4) is 0 Å². The van der Waals surface area contributed by atoms with Crippen molar-refractivity contribution in [2.45, 2.75) is 30.8 Å². The molecule has 0 radical (unpaired) electrons. The van der Waals surface area contributed by atoms with Gasteiger partial charge < -0.3 is 4.90 Å². The number of aromatic nitrogens is 2. The minimum Gasteiger partial charge on any atom is -0.332 e. The van der Waals surface area contributed by atoms with E-state index in [9.17, 15) is 13.2 Å². The van der Waals surface area contributed by atoms with Gasteiger partial charge in [0, 0.05) is 31.0 Å². The number of carbonyl (C=O) groups is 1. The molecule has 0 N–H and O–H groups in total. The lowest BCUT2D eigenvalue weighted by Crippen LogP contribution is -2.25. The van der Waals surface area contributed by atoms with E-state index >= 15 is 0 Å². The molecule has 0 atom stereocenters. The third kappa shape index (κ3) is 3.56. The van der Waals surface area contributed by atoms with E-state index in [0.29, 0.717) is 30.8 Å². The molecule has 0 unspecified atom stereocenters. The van der Waals surface area contributed by atoms with E-state index in [1.54, 1.807) is 35.4 Å². The first-order valence-corrected chi connectivity index (χ1v) is 9.17. The zero-order valence-electron chi connectivity index (χ0n) is 12.8. The molecule has 1 aromatic carbocycles. The third-order valence-electron chi connectivity index (χ3n) is 3.91. The molecule has 0 spiro atoms. The van der Waals surface area contributed by atoms with Gasteiger partial charge in [0.25, 0.3) is 0 Å². The summed E-state index contributed by atoms with van der Waals surface area (Å²) < 4.78 is 22.8. The normalized spacial score (nSPS) is 13.9. The highest BCUT2D eigenvalue weighted by Gasteiger charge is 2.23. The Morgan fingerprint density at radius 1 is 1.22 bits per heavy atom. The van der Waals surface area contributed by atoms with Crippen LogP contribution in [0.25, 0.3) is 0 Å². The minimum absolute atomic E-state index is 0.0650. The molecule has 1 aliphatic heterocycles. The van der Waals surface area contributed by atoms with Crippen LogP contribution in [0.5, 0.6) is 0 Å². The van der Waals surface area contributed by atoms with Crippen LogP contribution in [0.4, 0.5) is 0 Å². The van der Waals surface area contributed by atoms with Gasteiger partial charge in [0.1, 0.15) is 6.33 Å². The van der Waals surface area contributed by atoms with E-state index in [0.717, 1.165) is 16.8 Å². The predicted octanol–water partition coefficient (Wildman–Crippen LogP) is 1.36. The molecule has 0 bridgehead atoms. The molecule has 1 amide bonds. The predicted molar refractivity (Wildman–Crippen MR) is 84.2 cm³/mol. The highest BCUT2D eigenvalue weighted by Crippen LogP contribution is 2.20. The van der Waals surface area contributed by atoms with Crippen LogP contribution in [0.1, 0.15) is 23.2 Å². The van der Waals surface area contributed by atoms with Crippen molar-refractivity contribution in [2.24, 2.45) is 0 Å². The molecule has 23 heavy (non-hydrogen) atoms. The summed E-state index contributed by atoms with van der Waals surface area (Å²) in [4.78, 5) is 22.5. The second kappa shape index (κ2) is 6.08. The highest BCUT2D eigenvalue weighted by atomic mass is 32.2. The van der Waals surface area contributed by atoms with Gasteiger partial charge in [-0.15, -0.1) is 0 Å². The van der Waals surface area contributed by atoms with Crippen molar-refractivity contribution >= 4 is 15.7 Å². The maximum Gasteiger partial charge on any atom is 0.223 e. The lowest BCUT2D eigenvalue weighted by atomic mass is 10.1. The molecule has 6 nitrogen and oxygen atoms in total. The lowest BCUT2D eigenvalue weighted by molar-refractivity contribution is -0.131. The fourth-order valence-corrected chi connectivity index (χ4v) is 3.22. The molecule has 2 aromatic rings. The zero-order chi connectivity index (χ0) is 16.4. The summed E-state index contributed by atoms with van der Waals surface area (Å²) in [5.41, 5.74) is 2.85. The van der Waals surface area contributed by atoms with Gasteiger partial charge in [-0.1, -0.05) is 12.1 Å². The molecule has 0 fully saturated rings. The Bertz CT molecular complexity index is 807. The average Bonchev–Trinajstić information content (AvgIpc) is 2.96. The second-order valence-electron chi connectivity index (χ2n) is 5.66. The number of aryl methyl sites for hydroxylation is 1. The molecule has 7 heteroatoms. The molecule has 2 heterocycles. The van der Waals surface area contributed by atoms with Crippen molar-refractivity contribution in [3.63, 3.8) is 0 Å². The van der Waals surface area contributed by atoms with Crippen molar-refractivity contribution in [1.29, 1.82) is 0 Å². The third-order valence-corrected chi connectivity index (χ3v) is 5.04. The van der Waals surface area contributed by atoms with E-state index in [4.69, 9.17) is 0 Å². The topological polar surface area (TPSA) is 80.2 Å². The molecule has 0 saturated heterocycles. The lowest BCUT2D eigenvalue weighted by Gasteiger charge is -2.14. The average molecular weight is 331 g/mol. The number of rotatable bonds is 4. The summed E-state index contributed by atoms with van der Waals surface area (Å²) in [5.74, 6) is 0.0650. The Morgan fingerprint density at radius 2 is 1.96 bits per heavy atom. The summed E-state index contributed by atoms with van der Waals surface area (Å²) in [6, 6.07) is 6.68. The number of carbonyl (C=O) groups excluding carboxylic acids is 1. The zero-order valence-corrected chi connectivity index (χ0v) is 13.6. The van der Waals surface area contributed by atoms with E-state index in [-0.39, 0.29) is 5.91 Å². The maximum absolute atomic E-state index is 12.3. The SMILES string of the molecule is CS(=O)(=O)c1ccc(CCC(=O)N2Cc3cncnc3C2)cc1. The van der Waals surface area contributed by atoms with Crippen LogP contribution < -0.4 is 0 Å². The summed E-state index contributed by atoms with van der Waals surface area (Å²) in [7, 11) is -3.18. The molecule has 3 rings (SSSR count). The van der Waals surface area contributed by atoms with Crippen molar-refractivity contribution in [2.75, 3.05) is 6.26 Å². The molecular formula is C16H17N3O3S. The van der Waals surface area contributed by atoms with Gasteiger partial charge in [-0.2, -0.15) is 0 Å². The van der Waals surface area contributed by atoms with Crippen molar-refractivity contribution in [3.05, 3.63) is 53.6 Å². The largest absolute Gasteiger partial charge is 0.332 e. The van der Waals surface area contributed by atoms with E-state index in [1.807, 2.05) is 0 Å². The minimum atomic E-state index is -3.18. The Labute approximate surface area is 135 Å². The van der Waals surface area contributed by atoms with Crippen LogP contribution in [0.3, 0.4) is 0 Å². The number of benzene rings is 1. The summed E-state index contributed by atoms with van der Waals surface area (Å²) in [6.45, 7) is 1.09. The second-order valence-corrected chi connectivity index (χ2v) is 7.68. The van der Waals surface area contributed by atoms with E-state index in [1.165, 1.54) is 12.6 Å². The Morgan fingerprint density at radius 3 is 2.61 bits per heavy atom. The van der Waals surface area contributed by atoms with Crippen LogP contribution in [0, 0.1) is 0 Å². The Hall–Kier alpha value is -2.28. The number of sulfone groups is 1. The van der Waals surface area contributed by atoms with Gasteiger partial charge >= 0.3 is 0 Å². The Balaban J connectivity index is 1.58. The molecule has 120 valence electrons. The van der Waals surface area contributed by atoms with Crippen molar-refractivity contribution in [1.82, 2.24) is 14.9 Å². The van der Waals surface area contributed by atoms with Gasteiger partial charge in [0.05, 0.1) is 17.1 Å². The first-order chi connectivity index (χ1) is 10.9. The summed E-state index contributed by atoms with van der Waals surface area (Å²) in [6.07, 6.45) is 5.40. The van der Waals surface area contributed by atoms with Gasteiger partial charge in [0.2, 0.25) is 5.91 Å². The van der Waals surface area contributed by atoms with Crippen LogP contribution in [-0.2, 0) is 34.1 Å². The fraction of sp³-hybridized carbons (Fsp3) is 0.312. The quantitative estimate of drug-likeness (QED) is 0.845. The summed E-state index contributed by atoms with van der Waals surface area (Å²) >= 11 is 0. The number of hydrogen-bond acceptors (Lipinski definition) is 5. The fourth-order valence-electron chi connectivity index (χ4n) is 2.59. The van der Waals surface area contributed by atoms with Crippen LogP contribution >= 0.6 is 0 Å². The van der Waals surface area contributed by atoms with E-state index in [2.05, 4.69) is 9.97 Å². The standard InChI is InChI=1S/C16H17N3O3S/c1-23(21,22)14-5-2-12(3-6-14)4-7-16(20)19-9-13-8-17-11-18-15(13)10-19/h2-3,5-6,8,11H,4,7,9-10H2,1H3. The summed E-state index contributed by atoms with van der Waals surface area (Å²) in [5, 5.41) is 0. The van der Waals surface area contributed by atoms with Gasteiger partial charge in [-0.25, -0.2) is 18.4 Å². The Kier molecular flexibility index (Phi) is 4.12. The first-order valence-electron chi connectivity index (χ1n) is 7.28. The number of nitrogens with zero attached hydrogens (tertiary/aromatic N) is 3. The number of fused-ring (bicyclic) bond motifs is 1. The smallest absolute Gasteiger partial charge is 0.223 e.